The molecule has 1 heterocycles. The lowest BCUT2D eigenvalue weighted by Crippen LogP contribution is -2.58. The van der Waals surface area contributed by atoms with E-state index in [2.05, 4.69) is 27.4 Å². The van der Waals surface area contributed by atoms with Crippen LogP contribution in [-0.4, -0.2) is 30.0 Å². The zero-order valence-corrected chi connectivity index (χ0v) is 14.7. The van der Waals surface area contributed by atoms with Crippen LogP contribution in [0.2, 0.25) is 0 Å². The fraction of sp³-hybridized carbons (Fsp3) is 0.500. The molecule has 5 N–H and O–H groups in total. The molecule has 1 aromatic carbocycles. The van der Waals surface area contributed by atoms with E-state index in [0.717, 1.165) is 43.4 Å². The third-order valence-corrected chi connectivity index (χ3v) is 4.83. The van der Waals surface area contributed by atoms with Crippen molar-refractivity contribution in [1.82, 2.24) is 5.32 Å². The molecule has 1 amide bonds. The molecule has 0 bridgehead atoms. The van der Waals surface area contributed by atoms with Crippen LogP contribution in [0.4, 0.5) is 5.69 Å². The maximum Gasteiger partial charge on any atom is 0.220 e. The number of benzene rings is 1. The highest BCUT2D eigenvalue weighted by molar-refractivity contribution is 6.05. The van der Waals surface area contributed by atoms with Crippen molar-refractivity contribution in [3.63, 3.8) is 0 Å². The van der Waals surface area contributed by atoms with E-state index >= 15 is 0 Å². The van der Waals surface area contributed by atoms with Crippen LogP contribution in [0.5, 0.6) is 0 Å². The molecule has 0 aromatic heterocycles. The van der Waals surface area contributed by atoms with Crippen molar-refractivity contribution < 1.29 is 4.79 Å². The lowest BCUT2D eigenvalue weighted by molar-refractivity contribution is -0.118. The molecule has 134 valence electrons. The highest BCUT2D eigenvalue weighted by atomic mass is 16.1. The molecule has 7 heteroatoms. The van der Waals surface area contributed by atoms with Gasteiger partial charge in [0, 0.05) is 19.2 Å². The van der Waals surface area contributed by atoms with E-state index in [9.17, 15) is 4.79 Å². The Morgan fingerprint density at radius 1 is 1.20 bits per heavy atom. The van der Waals surface area contributed by atoms with Gasteiger partial charge in [0.15, 0.2) is 0 Å². The van der Waals surface area contributed by atoms with Crippen molar-refractivity contribution in [2.75, 3.05) is 11.4 Å². The Labute approximate surface area is 148 Å². The number of carbonyl (C=O) groups excluding carboxylic acids is 1. The SMILES string of the molecule is CC(=O)NCCc1ccc(N2C(N)=NC(N)=NC23CCCCC3)cc1. The molecule has 0 unspecified atom stereocenters. The quantitative estimate of drug-likeness (QED) is 0.770. The lowest BCUT2D eigenvalue weighted by atomic mass is 9.87. The first-order valence-corrected chi connectivity index (χ1v) is 8.83. The highest BCUT2D eigenvalue weighted by Crippen LogP contribution is 2.39. The van der Waals surface area contributed by atoms with Gasteiger partial charge in [0.25, 0.3) is 0 Å². The minimum Gasteiger partial charge on any atom is -0.369 e. The summed E-state index contributed by atoms with van der Waals surface area (Å²) >= 11 is 0. The Morgan fingerprint density at radius 2 is 1.88 bits per heavy atom. The summed E-state index contributed by atoms with van der Waals surface area (Å²) < 4.78 is 0. The monoisotopic (exact) mass is 342 g/mol. The second-order valence-corrected chi connectivity index (χ2v) is 6.72. The van der Waals surface area contributed by atoms with Crippen molar-refractivity contribution in [3.8, 4) is 0 Å². The Hall–Kier alpha value is -2.57. The number of hydrogen-bond donors (Lipinski definition) is 3. The number of nitrogens with two attached hydrogens (primary N) is 2. The van der Waals surface area contributed by atoms with Crippen LogP contribution in [0.1, 0.15) is 44.6 Å². The predicted octanol–water partition coefficient (Wildman–Crippen LogP) is 1.48. The molecule has 1 saturated carbocycles. The van der Waals surface area contributed by atoms with Crippen LogP contribution in [-0.2, 0) is 11.2 Å². The number of nitrogens with zero attached hydrogens (tertiary/aromatic N) is 3. The summed E-state index contributed by atoms with van der Waals surface area (Å²) in [5.74, 6) is 0.659. The third kappa shape index (κ3) is 3.75. The highest BCUT2D eigenvalue weighted by Gasteiger charge is 2.42. The average molecular weight is 342 g/mol. The molecule has 0 atom stereocenters. The number of nitrogens with one attached hydrogen (secondary N) is 1. The third-order valence-electron chi connectivity index (χ3n) is 4.83. The molecule has 1 fully saturated rings. The molecule has 0 radical (unpaired) electrons. The van der Waals surface area contributed by atoms with Gasteiger partial charge in [-0.15, -0.1) is 0 Å². The number of aliphatic imine (C=N–C) groups is 2. The number of guanidine groups is 2. The van der Waals surface area contributed by atoms with Gasteiger partial charge >= 0.3 is 0 Å². The zero-order chi connectivity index (χ0) is 17.9. The summed E-state index contributed by atoms with van der Waals surface area (Å²) in [6, 6.07) is 8.20. The van der Waals surface area contributed by atoms with Gasteiger partial charge in [-0.3, -0.25) is 9.69 Å². The smallest absolute Gasteiger partial charge is 0.220 e. The number of hydrogen-bond acceptors (Lipinski definition) is 6. The molecule has 7 nitrogen and oxygen atoms in total. The fourth-order valence-corrected chi connectivity index (χ4v) is 3.69. The Bertz CT molecular complexity index is 688. The van der Waals surface area contributed by atoms with Crippen LogP contribution in [0, 0.1) is 0 Å². The van der Waals surface area contributed by atoms with Gasteiger partial charge in [0.1, 0.15) is 5.66 Å². The molecular formula is C18H26N6O. The molecule has 1 aromatic rings. The summed E-state index contributed by atoms with van der Waals surface area (Å²) in [5, 5.41) is 2.81. The Balaban J connectivity index is 1.81. The standard InChI is InChI=1S/C18H26N6O/c1-13(25)21-12-9-14-5-7-15(8-6-14)24-17(20)22-16(19)23-18(24)10-3-2-4-11-18/h5-8H,2-4,9-12H2,1H3,(H,21,25)(H4,19,20,22,23). The van der Waals surface area contributed by atoms with E-state index in [1.165, 1.54) is 13.3 Å². The first-order chi connectivity index (χ1) is 12.0. The number of carbonyl (C=O) groups is 1. The molecule has 2 aliphatic rings. The summed E-state index contributed by atoms with van der Waals surface area (Å²) in [4.78, 5) is 21.8. The fourth-order valence-electron chi connectivity index (χ4n) is 3.69. The summed E-state index contributed by atoms with van der Waals surface area (Å²) in [6.45, 7) is 2.16. The molecule has 1 aliphatic carbocycles. The maximum atomic E-state index is 11.0. The number of anilines is 1. The molecule has 0 saturated heterocycles. The van der Waals surface area contributed by atoms with E-state index in [1.807, 2.05) is 17.0 Å². The average Bonchev–Trinajstić information content (AvgIpc) is 2.56. The van der Waals surface area contributed by atoms with Gasteiger partial charge in [-0.1, -0.05) is 18.6 Å². The first kappa shape index (κ1) is 17.3. The summed E-state index contributed by atoms with van der Waals surface area (Å²) in [6.07, 6.45) is 6.07. The lowest BCUT2D eigenvalue weighted by Gasteiger charge is -2.45. The topological polar surface area (TPSA) is 109 Å². The summed E-state index contributed by atoms with van der Waals surface area (Å²) in [5.41, 5.74) is 13.8. The Morgan fingerprint density at radius 3 is 2.52 bits per heavy atom. The molecule has 1 aliphatic heterocycles. The van der Waals surface area contributed by atoms with Crippen molar-refractivity contribution in [1.29, 1.82) is 0 Å². The van der Waals surface area contributed by atoms with Crippen molar-refractivity contribution in [2.45, 2.75) is 51.1 Å². The van der Waals surface area contributed by atoms with Gasteiger partial charge in [0.2, 0.25) is 17.8 Å². The van der Waals surface area contributed by atoms with Crippen molar-refractivity contribution in [3.05, 3.63) is 29.8 Å². The number of rotatable bonds is 4. The number of amides is 1. The van der Waals surface area contributed by atoms with Crippen molar-refractivity contribution in [2.24, 2.45) is 21.5 Å². The van der Waals surface area contributed by atoms with E-state index < -0.39 is 5.66 Å². The van der Waals surface area contributed by atoms with Crippen LogP contribution in [0.3, 0.4) is 0 Å². The van der Waals surface area contributed by atoms with Gasteiger partial charge in [-0.05, 0) is 49.8 Å². The first-order valence-electron chi connectivity index (χ1n) is 8.83. The summed E-state index contributed by atoms with van der Waals surface area (Å²) in [7, 11) is 0. The largest absolute Gasteiger partial charge is 0.369 e. The van der Waals surface area contributed by atoms with E-state index in [4.69, 9.17) is 11.5 Å². The molecule has 25 heavy (non-hydrogen) atoms. The van der Waals surface area contributed by atoms with Gasteiger partial charge in [0.05, 0.1) is 0 Å². The van der Waals surface area contributed by atoms with Crippen molar-refractivity contribution >= 4 is 23.5 Å². The van der Waals surface area contributed by atoms with Crippen LogP contribution in [0.25, 0.3) is 0 Å². The second-order valence-electron chi connectivity index (χ2n) is 6.72. The zero-order valence-electron chi connectivity index (χ0n) is 14.7. The van der Waals surface area contributed by atoms with E-state index in [-0.39, 0.29) is 11.9 Å². The van der Waals surface area contributed by atoms with E-state index in [1.54, 1.807) is 0 Å². The molecular weight excluding hydrogens is 316 g/mol. The van der Waals surface area contributed by atoms with Gasteiger partial charge in [-0.2, -0.15) is 4.99 Å². The van der Waals surface area contributed by atoms with Gasteiger partial charge in [-0.25, -0.2) is 4.99 Å². The molecule has 3 rings (SSSR count). The minimum absolute atomic E-state index is 0.0105. The predicted molar refractivity (Wildman–Crippen MR) is 100 cm³/mol. The normalized spacial score (nSPS) is 19.3. The van der Waals surface area contributed by atoms with Crippen LogP contribution >= 0.6 is 0 Å². The van der Waals surface area contributed by atoms with Crippen LogP contribution in [0.15, 0.2) is 34.3 Å². The van der Waals surface area contributed by atoms with Gasteiger partial charge < -0.3 is 16.8 Å². The Kier molecular flexibility index (Phi) is 4.92. The minimum atomic E-state index is -0.411. The van der Waals surface area contributed by atoms with Crippen LogP contribution < -0.4 is 21.7 Å². The molecule has 1 spiro atoms. The second kappa shape index (κ2) is 7.13. The van der Waals surface area contributed by atoms with E-state index in [0.29, 0.717) is 12.5 Å². The maximum absolute atomic E-state index is 11.0.